The molecule has 1 heterocycles. The summed E-state index contributed by atoms with van der Waals surface area (Å²) >= 11 is 19.5. The molecule has 0 radical (unpaired) electrons. The average molecular weight is 434 g/mol. The van der Waals surface area contributed by atoms with Gasteiger partial charge in [0.1, 0.15) is 0 Å². The molecule has 26 heavy (non-hydrogen) atoms. The largest absolute Gasteiger partial charge is 0.302 e. The topological polar surface area (TPSA) is 42.0 Å². The van der Waals surface area contributed by atoms with E-state index in [1.54, 1.807) is 6.07 Å². The van der Waals surface area contributed by atoms with Gasteiger partial charge in [0, 0.05) is 39.1 Å². The molecule has 1 aromatic carbocycles. The molecule has 0 saturated heterocycles. The van der Waals surface area contributed by atoms with E-state index < -0.39 is 0 Å². The zero-order valence-corrected chi connectivity index (χ0v) is 18.2. The zero-order chi connectivity index (χ0) is 19.3. The van der Waals surface area contributed by atoms with E-state index in [1.165, 1.54) is 11.3 Å². The molecule has 0 aliphatic carbocycles. The maximum atomic E-state index is 12.1. The molecule has 0 aliphatic heterocycles. The number of thiazole rings is 1. The van der Waals surface area contributed by atoms with Gasteiger partial charge < -0.3 is 5.32 Å². The van der Waals surface area contributed by atoms with Crippen LogP contribution in [0.5, 0.6) is 0 Å². The smallest absolute Gasteiger partial charge is 0.226 e. The van der Waals surface area contributed by atoms with Crippen molar-refractivity contribution >= 4 is 57.2 Å². The van der Waals surface area contributed by atoms with E-state index in [0.717, 1.165) is 29.0 Å². The lowest BCUT2D eigenvalue weighted by atomic mass is 9.90. The Bertz CT molecular complexity index is 769. The first kappa shape index (κ1) is 21.5. The number of hydrogen-bond acceptors (Lipinski definition) is 3. The number of anilines is 1. The quantitative estimate of drug-likeness (QED) is 0.390. The monoisotopic (exact) mass is 432 g/mol. The van der Waals surface area contributed by atoms with Gasteiger partial charge in [-0.25, -0.2) is 4.98 Å². The number of alkyl halides is 1. The van der Waals surface area contributed by atoms with Crippen molar-refractivity contribution in [3.63, 3.8) is 0 Å². The van der Waals surface area contributed by atoms with Gasteiger partial charge in [-0.3, -0.25) is 4.79 Å². The van der Waals surface area contributed by atoms with Gasteiger partial charge in [0.2, 0.25) is 5.91 Å². The fraction of sp³-hybridized carbons (Fsp3) is 0.474. The van der Waals surface area contributed by atoms with Crippen LogP contribution in [0.3, 0.4) is 0 Å². The highest BCUT2D eigenvalue weighted by Gasteiger charge is 2.24. The van der Waals surface area contributed by atoms with Crippen molar-refractivity contribution in [1.29, 1.82) is 0 Å². The second-order valence-corrected chi connectivity index (χ2v) is 9.45. The van der Waals surface area contributed by atoms with Crippen LogP contribution in [0.25, 0.3) is 0 Å². The summed E-state index contributed by atoms with van der Waals surface area (Å²) in [7, 11) is 0. The number of unbranched alkanes of at least 4 members (excludes halogenated alkanes) is 1. The van der Waals surface area contributed by atoms with Crippen molar-refractivity contribution in [2.24, 2.45) is 0 Å². The molecule has 0 bridgehead atoms. The second kappa shape index (κ2) is 9.41. The first-order valence-corrected chi connectivity index (χ1v) is 10.6. The van der Waals surface area contributed by atoms with E-state index in [2.05, 4.69) is 31.1 Å². The lowest BCUT2D eigenvalue weighted by molar-refractivity contribution is -0.116. The minimum atomic E-state index is -0.133. The van der Waals surface area contributed by atoms with Crippen LogP contribution in [-0.4, -0.2) is 16.8 Å². The van der Waals surface area contributed by atoms with E-state index >= 15 is 0 Å². The highest BCUT2D eigenvalue weighted by atomic mass is 35.5. The van der Waals surface area contributed by atoms with Crippen molar-refractivity contribution in [3.8, 4) is 0 Å². The lowest BCUT2D eigenvalue weighted by Gasteiger charge is -2.17. The Morgan fingerprint density at radius 2 is 1.96 bits per heavy atom. The van der Waals surface area contributed by atoms with E-state index in [1.807, 2.05) is 12.1 Å². The standard InChI is InChI=1S/C19H23Cl3N2OS/c1-19(2,3)17-15(10-12-7-8-13(21)11-14(12)22)26-18(24-17)23-16(25)6-4-5-9-20/h7-8,11H,4-6,9-10H2,1-3H3,(H,23,24,25). The number of halogens is 3. The highest BCUT2D eigenvalue weighted by Crippen LogP contribution is 2.35. The maximum absolute atomic E-state index is 12.1. The molecule has 1 N–H and O–H groups in total. The molecule has 0 fully saturated rings. The molecule has 0 aliphatic rings. The van der Waals surface area contributed by atoms with Crippen molar-refractivity contribution in [2.45, 2.75) is 51.9 Å². The van der Waals surface area contributed by atoms with Crippen LogP contribution in [0.15, 0.2) is 18.2 Å². The van der Waals surface area contributed by atoms with Crippen LogP contribution in [-0.2, 0) is 16.6 Å². The molecule has 3 nitrogen and oxygen atoms in total. The Labute approximate surface area is 174 Å². The third kappa shape index (κ3) is 6.12. The minimum absolute atomic E-state index is 0.0274. The summed E-state index contributed by atoms with van der Waals surface area (Å²) in [6, 6.07) is 5.51. The molecule has 1 amide bonds. The van der Waals surface area contributed by atoms with E-state index in [0.29, 0.717) is 33.9 Å². The van der Waals surface area contributed by atoms with Gasteiger partial charge >= 0.3 is 0 Å². The Balaban J connectivity index is 2.22. The van der Waals surface area contributed by atoms with Gasteiger partial charge in [-0.1, -0.05) is 50.0 Å². The molecular formula is C19H23Cl3N2OS. The number of amides is 1. The number of carbonyl (C=O) groups excluding carboxylic acids is 1. The Hall–Kier alpha value is -0.810. The summed E-state index contributed by atoms with van der Waals surface area (Å²) in [6.07, 6.45) is 2.72. The Morgan fingerprint density at radius 1 is 1.23 bits per heavy atom. The Kier molecular flexibility index (Phi) is 7.77. The van der Waals surface area contributed by atoms with E-state index in [9.17, 15) is 4.79 Å². The third-order valence-corrected chi connectivity index (χ3v) is 5.63. The highest BCUT2D eigenvalue weighted by molar-refractivity contribution is 7.15. The van der Waals surface area contributed by atoms with Crippen molar-refractivity contribution in [1.82, 2.24) is 4.98 Å². The summed E-state index contributed by atoms with van der Waals surface area (Å²) < 4.78 is 0. The number of benzene rings is 1. The molecule has 0 unspecified atom stereocenters. The van der Waals surface area contributed by atoms with Crippen molar-refractivity contribution in [2.75, 3.05) is 11.2 Å². The average Bonchev–Trinajstić information content (AvgIpc) is 2.93. The van der Waals surface area contributed by atoms with Gasteiger partial charge in [0.15, 0.2) is 5.13 Å². The number of nitrogens with zero attached hydrogens (tertiary/aromatic N) is 1. The van der Waals surface area contributed by atoms with Gasteiger partial charge in [-0.15, -0.1) is 22.9 Å². The van der Waals surface area contributed by atoms with Crippen LogP contribution in [0, 0.1) is 0 Å². The van der Waals surface area contributed by atoms with E-state index in [4.69, 9.17) is 34.8 Å². The number of hydrogen-bond donors (Lipinski definition) is 1. The first-order chi connectivity index (χ1) is 12.2. The second-order valence-electron chi connectivity index (χ2n) is 7.15. The van der Waals surface area contributed by atoms with E-state index in [-0.39, 0.29) is 11.3 Å². The summed E-state index contributed by atoms with van der Waals surface area (Å²) in [4.78, 5) is 17.9. The molecule has 0 spiro atoms. The molecule has 0 saturated carbocycles. The number of rotatable bonds is 7. The van der Waals surface area contributed by atoms with Crippen LogP contribution in [0.2, 0.25) is 10.0 Å². The van der Waals surface area contributed by atoms with Crippen molar-refractivity contribution < 1.29 is 4.79 Å². The van der Waals surface area contributed by atoms with Gasteiger partial charge in [0.25, 0.3) is 0 Å². The fourth-order valence-electron chi connectivity index (χ4n) is 2.51. The Morgan fingerprint density at radius 3 is 2.58 bits per heavy atom. The SMILES string of the molecule is CC(C)(C)c1nc(NC(=O)CCCCCl)sc1Cc1ccc(Cl)cc1Cl. The van der Waals surface area contributed by atoms with Gasteiger partial charge in [-0.05, 0) is 30.5 Å². The molecule has 1 aromatic heterocycles. The van der Waals surface area contributed by atoms with Crippen LogP contribution in [0.1, 0.15) is 56.2 Å². The summed E-state index contributed by atoms with van der Waals surface area (Å²) in [6.45, 7) is 6.34. The molecule has 142 valence electrons. The molecule has 2 rings (SSSR count). The molecule has 7 heteroatoms. The number of aromatic nitrogens is 1. The predicted molar refractivity (Wildman–Crippen MR) is 113 cm³/mol. The minimum Gasteiger partial charge on any atom is -0.302 e. The maximum Gasteiger partial charge on any atom is 0.226 e. The zero-order valence-electron chi connectivity index (χ0n) is 15.2. The summed E-state index contributed by atoms with van der Waals surface area (Å²) in [5.74, 6) is 0.547. The van der Waals surface area contributed by atoms with Crippen LogP contribution >= 0.6 is 46.1 Å². The molecular weight excluding hydrogens is 411 g/mol. The van der Waals surface area contributed by atoms with Gasteiger partial charge in [-0.2, -0.15) is 0 Å². The van der Waals surface area contributed by atoms with Gasteiger partial charge in [0.05, 0.1) is 5.69 Å². The lowest BCUT2D eigenvalue weighted by Crippen LogP contribution is -2.15. The summed E-state index contributed by atoms with van der Waals surface area (Å²) in [5.41, 5.74) is 1.83. The molecule has 2 aromatic rings. The number of carbonyl (C=O) groups is 1. The van der Waals surface area contributed by atoms with Crippen molar-refractivity contribution in [3.05, 3.63) is 44.4 Å². The number of nitrogens with one attached hydrogen (secondary N) is 1. The predicted octanol–water partition coefficient (Wildman–Crippen LogP) is 6.69. The summed E-state index contributed by atoms with van der Waals surface area (Å²) in [5, 5.41) is 4.80. The normalized spacial score (nSPS) is 11.6. The van der Waals surface area contributed by atoms with Crippen LogP contribution < -0.4 is 5.32 Å². The fourth-order valence-corrected chi connectivity index (χ4v) is 4.39. The first-order valence-electron chi connectivity index (χ1n) is 8.50. The van der Waals surface area contributed by atoms with Crippen LogP contribution in [0.4, 0.5) is 5.13 Å². The third-order valence-electron chi connectivity index (χ3n) is 3.81. The molecule has 0 atom stereocenters.